The third kappa shape index (κ3) is 3.70. The quantitative estimate of drug-likeness (QED) is 0.189. The molecule has 0 saturated heterocycles. The Morgan fingerprint density at radius 3 is 1.90 bits per heavy atom. The van der Waals surface area contributed by atoms with Crippen LogP contribution in [0.3, 0.4) is 0 Å². The first-order chi connectivity index (χ1) is 25.8. The maximum Gasteiger partial charge on any atom is 0.145 e. The van der Waals surface area contributed by atoms with Gasteiger partial charge in [0.1, 0.15) is 5.82 Å². The number of pyridine rings is 2. The van der Waals surface area contributed by atoms with Crippen LogP contribution in [0.1, 0.15) is 0 Å². The van der Waals surface area contributed by atoms with Crippen LogP contribution >= 0.6 is 0 Å². The number of hydrogen-bond acceptors (Lipinski definition) is 2. The molecule has 0 unspecified atom stereocenters. The van der Waals surface area contributed by atoms with Crippen molar-refractivity contribution in [3.05, 3.63) is 170 Å². The predicted molar refractivity (Wildman–Crippen MR) is 216 cm³/mol. The van der Waals surface area contributed by atoms with Crippen molar-refractivity contribution in [1.29, 1.82) is 0 Å². The normalized spacial score (nSPS) is 12.2. The molecule has 1 aliphatic carbocycles. The number of rotatable bonds is 3. The maximum absolute atomic E-state index is 5.19. The Hall–Kier alpha value is -7.04. The zero-order valence-electron chi connectivity index (χ0n) is 28.0. The van der Waals surface area contributed by atoms with Crippen molar-refractivity contribution in [2.75, 3.05) is 0 Å². The Kier molecular flexibility index (Phi) is 5.47. The van der Waals surface area contributed by atoms with Crippen molar-refractivity contribution in [2.45, 2.75) is 0 Å². The van der Waals surface area contributed by atoms with E-state index in [1.54, 1.807) is 0 Å². The van der Waals surface area contributed by atoms with E-state index in [0.717, 1.165) is 27.9 Å². The summed E-state index contributed by atoms with van der Waals surface area (Å²) in [6.07, 6.45) is 5.90. The van der Waals surface area contributed by atoms with E-state index in [1.165, 1.54) is 82.1 Å². The van der Waals surface area contributed by atoms with E-state index in [0.29, 0.717) is 0 Å². The fourth-order valence-electron chi connectivity index (χ4n) is 8.86. The summed E-state index contributed by atoms with van der Waals surface area (Å²) in [6, 6.07) is 55.3. The second-order valence-corrected chi connectivity index (χ2v) is 13.8. The highest BCUT2D eigenvalue weighted by Crippen LogP contribution is 2.48. The van der Waals surface area contributed by atoms with Gasteiger partial charge < -0.3 is 4.57 Å². The smallest absolute Gasteiger partial charge is 0.145 e. The molecule has 0 atom stereocenters. The third-order valence-electron chi connectivity index (χ3n) is 11.2. The lowest BCUT2D eigenvalue weighted by molar-refractivity contribution is 1.10. The van der Waals surface area contributed by atoms with E-state index in [4.69, 9.17) is 4.98 Å². The van der Waals surface area contributed by atoms with Gasteiger partial charge in [-0.25, -0.2) is 4.98 Å². The number of hydrogen-bond donors (Lipinski definition) is 0. The number of benzene rings is 7. The monoisotopic (exact) mass is 660 g/mol. The van der Waals surface area contributed by atoms with E-state index in [1.807, 2.05) is 18.6 Å². The lowest BCUT2D eigenvalue weighted by atomic mass is 10.00. The van der Waals surface area contributed by atoms with Crippen LogP contribution < -0.4 is 0 Å². The lowest BCUT2D eigenvalue weighted by Crippen LogP contribution is -1.99. The van der Waals surface area contributed by atoms with Crippen LogP contribution in [0.15, 0.2) is 170 Å². The summed E-state index contributed by atoms with van der Waals surface area (Å²) in [5.74, 6) is 0.947. The second-order valence-electron chi connectivity index (χ2n) is 13.8. The second kappa shape index (κ2) is 10.3. The van der Waals surface area contributed by atoms with Crippen molar-refractivity contribution in [2.24, 2.45) is 0 Å². The van der Waals surface area contributed by atoms with Gasteiger partial charge in [0, 0.05) is 67.7 Å². The molecule has 0 bridgehead atoms. The highest BCUT2D eigenvalue weighted by molar-refractivity contribution is 6.18. The van der Waals surface area contributed by atoms with Crippen molar-refractivity contribution in [3.63, 3.8) is 0 Å². The van der Waals surface area contributed by atoms with Crippen LogP contribution in [0.25, 0.3) is 110 Å². The Morgan fingerprint density at radius 2 is 1.06 bits per heavy atom. The third-order valence-corrected chi connectivity index (χ3v) is 11.2. The van der Waals surface area contributed by atoms with Gasteiger partial charge in [0.25, 0.3) is 0 Å². The first kappa shape index (κ1) is 27.7. The van der Waals surface area contributed by atoms with E-state index in [-0.39, 0.29) is 0 Å². The molecule has 0 radical (unpaired) electrons. The Morgan fingerprint density at radius 1 is 0.385 bits per heavy atom. The molecule has 240 valence electrons. The van der Waals surface area contributed by atoms with E-state index in [2.05, 4.69) is 166 Å². The Balaban J connectivity index is 1.08. The number of nitrogens with zero attached hydrogens (tertiary/aromatic N) is 4. The van der Waals surface area contributed by atoms with Crippen molar-refractivity contribution < 1.29 is 0 Å². The molecular weight excluding hydrogens is 633 g/mol. The summed E-state index contributed by atoms with van der Waals surface area (Å²) in [6.45, 7) is 0. The zero-order valence-corrected chi connectivity index (χ0v) is 28.0. The molecule has 4 nitrogen and oxygen atoms in total. The number of fused-ring (bicyclic) bond motifs is 10. The summed E-state index contributed by atoms with van der Waals surface area (Å²) in [7, 11) is 0. The average Bonchev–Trinajstić information content (AvgIpc) is 3.83. The van der Waals surface area contributed by atoms with Crippen LogP contribution in [-0.4, -0.2) is 19.1 Å². The van der Waals surface area contributed by atoms with Gasteiger partial charge in [0.2, 0.25) is 0 Å². The molecule has 0 N–H and O–H groups in total. The Bertz CT molecular complexity index is 3260. The fourth-order valence-corrected chi connectivity index (χ4v) is 8.86. The van der Waals surface area contributed by atoms with Gasteiger partial charge in [-0.15, -0.1) is 0 Å². The molecular formula is C48H28N4. The molecule has 0 amide bonds. The first-order valence-electron chi connectivity index (χ1n) is 17.7. The lowest BCUT2D eigenvalue weighted by Gasteiger charge is -2.12. The Labute approximate surface area is 298 Å². The maximum atomic E-state index is 5.19. The molecule has 0 saturated carbocycles. The molecule has 0 aliphatic heterocycles. The molecule has 0 fully saturated rings. The first-order valence-corrected chi connectivity index (χ1v) is 17.7. The van der Waals surface area contributed by atoms with Gasteiger partial charge in [-0.2, -0.15) is 0 Å². The van der Waals surface area contributed by atoms with Crippen LogP contribution in [-0.2, 0) is 0 Å². The van der Waals surface area contributed by atoms with E-state index >= 15 is 0 Å². The van der Waals surface area contributed by atoms with Crippen molar-refractivity contribution in [3.8, 4) is 44.9 Å². The molecule has 4 heteroatoms. The highest BCUT2D eigenvalue weighted by atomic mass is 15.1. The highest BCUT2D eigenvalue weighted by Gasteiger charge is 2.25. The standard InChI is InChI=1S/C48H28N4/c1-2-11-33(12-3-1)51-44-19-17-32(25-39(44)40-23-29-9-4-5-10-30(29)26-46(40)51)31-18-20-45-38(24-31)35-13-6-7-16-43(35)52(45)48-37-15-8-14-36-41-27-49-22-21-34(41)42(28-50-48)47(36)37/h1-28H. The van der Waals surface area contributed by atoms with Gasteiger partial charge in [0.05, 0.1) is 22.1 Å². The van der Waals surface area contributed by atoms with Crippen LogP contribution in [0.5, 0.6) is 0 Å². The van der Waals surface area contributed by atoms with Crippen LogP contribution in [0, 0.1) is 0 Å². The van der Waals surface area contributed by atoms with Gasteiger partial charge in [-0.1, -0.05) is 91.0 Å². The minimum absolute atomic E-state index is 0.947. The molecule has 52 heavy (non-hydrogen) atoms. The minimum atomic E-state index is 0.947. The molecule has 4 aromatic heterocycles. The fraction of sp³-hybridized carbons (Fsp3) is 0. The SMILES string of the molecule is c1ccc(-n2c3ccc(-c4ccc5c(c4)c4ccccc4n5-c4ncc5c6c(cccc46)-c4cnccc4-5)cc3c3cc4ccccc4cc32)cc1. The molecule has 12 rings (SSSR count). The van der Waals surface area contributed by atoms with Crippen molar-refractivity contribution >= 4 is 65.2 Å². The summed E-state index contributed by atoms with van der Waals surface area (Å²) in [5, 5.41) is 9.81. The molecule has 1 aliphatic rings. The molecule has 4 heterocycles. The summed E-state index contributed by atoms with van der Waals surface area (Å²) < 4.78 is 4.75. The summed E-state index contributed by atoms with van der Waals surface area (Å²) in [5.41, 5.74) is 13.0. The largest absolute Gasteiger partial charge is 0.309 e. The topological polar surface area (TPSA) is 35.6 Å². The number of aromatic nitrogens is 4. The number of para-hydroxylation sites is 2. The van der Waals surface area contributed by atoms with E-state index < -0.39 is 0 Å². The average molecular weight is 661 g/mol. The molecule has 11 aromatic rings. The van der Waals surface area contributed by atoms with Gasteiger partial charge in [-0.3, -0.25) is 9.55 Å². The van der Waals surface area contributed by atoms with Gasteiger partial charge >= 0.3 is 0 Å². The van der Waals surface area contributed by atoms with Gasteiger partial charge in [-0.05, 0) is 93.7 Å². The summed E-state index contributed by atoms with van der Waals surface area (Å²) >= 11 is 0. The minimum Gasteiger partial charge on any atom is -0.309 e. The van der Waals surface area contributed by atoms with Gasteiger partial charge in [0.15, 0.2) is 0 Å². The van der Waals surface area contributed by atoms with Crippen molar-refractivity contribution in [1.82, 2.24) is 19.1 Å². The molecule has 0 spiro atoms. The summed E-state index contributed by atoms with van der Waals surface area (Å²) in [4.78, 5) is 9.63. The zero-order chi connectivity index (χ0) is 33.9. The van der Waals surface area contributed by atoms with Crippen LogP contribution in [0.2, 0.25) is 0 Å². The molecule has 7 aromatic carbocycles. The van der Waals surface area contributed by atoms with Crippen LogP contribution in [0.4, 0.5) is 0 Å². The predicted octanol–water partition coefficient (Wildman–Crippen LogP) is 12.3. The van der Waals surface area contributed by atoms with E-state index in [9.17, 15) is 0 Å².